The molecule has 2 aromatic rings. The number of carbonyl (C=O) groups is 1. The zero-order chi connectivity index (χ0) is 13.3. The number of benzene rings is 2. The maximum absolute atomic E-state index is 13.5. The van der Waals surface area contributed by atoms with Crippen LogP contribution in [0.2, 0.25) is 0 Å². The molecule has 0 radical (unpaired) electrons. The van der Waals surface area contributed by atoms with Crippen LogP contribution in [0.5, 0.6) is 0 Å². The lowest BCUT2D eigenvalue weighted by Gasteiger charge is -2.07. The summed E-state index contributed by atoms with van der Waals surface area (Å²) in [6.07, 6.45) is 0. The van der Waals surface area contributed by atoms with Crippen LogP contribution in [0.3, 0.4) is 0 Å². The molecule has 0 amide bonds. The SMILES string of the molecule is Cc1ccc(C)c(C(=O)c2ccc(C)c(F)c2)c1. The first-order chi connectivity index (χ1) is 8.49. The van der Waals surface area contributed by atoms with Crippen molar-refractivity contribution in [2.24, 2.45) is 0 Å². The van der Waals surface area contributed by atoms with Crippen molar-refractivity contribution in [3.63, 3.8) is 0 Å². The second kappa shape index (κ2) is 4.73. The summed E-state index contributed by atoms with van der Waals surface area (Å²) in [5.41, 5.74) is 3.51. The predicted molar refractivity (Wildman–Crippen MR) is 70.5 cm³/mol. The van der Waals surface area contributed by atoms with Gasteiger partial charge in [-0.2, -0.15) is 0 Å². The molecule has 0 atom stereocenters. The third-order valence-corrected chi connectivity index (χ3v) is 3.07. The molecule has 0 unspecified atom stereocenters. The van der Waals surface area contributed by atoms with E-state index >= 15 is 0 Å². The first-order valence-corrected chi connectivity index (χ1v) is 5.87. The molecule has 0 bridgehead atoms. The van der Waals surface area contributed by atoms with Crippen LogP contribution in [0.15, 0.2) is 36.4 Å². The molecule has 0 saturated carbocycles. The fourth-order valence-electron chi connectivity index (χ4n) is 1.87. The van der Waals surface area contributed by atoms with Crippen molar-refractivity contribution < 1.29 is 9.18 Å². The molecule has 0 fully saturated rings. The van der Waals surface area contributed by atoms with Gasteiger partial charge in [-0.1, -0.05) is 29.8 Å². The Balaban J connectivity index is 2.47. The minimum absolute atomic E-state index is 0.130. The van der Waals surface area contributed by atoms with Crippen molar-refractivity contribution in [2.75, 3.05) is 0 Å². The van der Waals surface area contributed by atoms with E-state index in [9.17, 15) is 9.18 Å². The van der Waals surface area contributed by atoms with Crippen molar-refractivity contribution in [3.05, 3.63) is 70.0 Å². The summed E-state index contributed by atoms with van der Waals surface area (Å²) >= 11 is 0. The number of aryl methyl sites for hydroxylation is 3. The molecule has 18 heavy (non-hydrogen) atoms. The fraction of sp³-hybridized carbons (Fsp3) is 0.188. The Bertz CT molecular complexity index is 614. The molecule has 2 aromatic carbocycles. The second-order valence-electron chi connectivity index (χ2n) is 4.61. The summed E-state index contributed by atoms with van der Waals surface area (Å²) in [7, 11) is 0. The van der Waals surface area contributed by atoms with Gasteiger partial charge in [-0.25, -0.2) is 4.39 Å². The third kappa shape index (κ3) is 2.33. The zero-order valence-corrected chi connectivity index (χ0v) is 10.8. The lowest BCUT2D eigenvalue weighted by molar-refractivity contribution is 0.103. The standard InChI is InChI=1S/C16H15FO/c1-10-4-5-11(2)14(8-10)16(18)13-7-6-12(3)15(17)9-13/h4-9H,1-3H3. The molecular weight excluding hydrogens is 227 g/mol. The molecule has 0 aliphatic carbocycles. The first-order valence-electron chi connectivity index (χ1n) is 5.87. The van der Waals surface area contributed by atoms with Crippen LogP contribution in [0.1, 0.15) is 32.6 Å². The van der Waals surface area contributed by atoms with Gasteiger partial charge >= 0.3 is 0 Å². The molecule has 0 saturated heterocycles. The van der Waals surface area contributed by atoms with Crippen molar-refractivity contribution in [2.45, 2.75) is 20.8 Å². The average Bonchev–Trinajstić information content (AvgIpc) is 2.35. The summed E-state index contributed by atoms with van der Waals surface area (Å²) in [6, 6.07) is 10.3. The second-order valence-corrected chi connectivity index (χ2v) is 4.61. The molecule has 92 valence electrons. The molecule has 0 heterocycles. The van der Waals surface area contributed by atoms with Gasteiger partial charge < -0.3 is 0 Å². The Kier molecular flexibility index (Phi) is 3.28. The minimum Gasteiger partial charge on any atom is -0.289 e. The highest BCUT2D eigenvalue weighted by molar-refractivity contribution is 6.10. The number of hydrogen-bond acceptors (Lipinski definition) is 1. The molecule has 0 aliphatic rings. The van der Waals surface area contributed by atoms with Crippen LogP contribution in [-0.2, 0) is 0 Å². The summed E-state index contributed by atoms with van der Waals surface area (Å²) in [4.78, 5) is 12.3. The molecule has 1 nitrogen and oxygen atoms in total. The number of halogens is 1. The van der Waals surface area contributed by atoms with Crippen molar-refractivity contribution >= 4 is 5.78 Å². The van der Waals surface area contributed by atoms with Crippen LogP contribution in [0.25, 0.3) is 0 Å². The van der Waals surface area contributed by atoms with Crippen LogP contribution in [0.4, 0.5) is 4.39 Å². The average molecular weight is 242 g/mol. The van der Waals surface area contributed by atoms with Gasteiger partial charge in [0.2, 0.25) is 0 Å². The van der Waals surface area contributed by atoms with Crippen LogP contribution >= 0.6 is 0 Å². The largest absolute Gasteiger partial charge is 0.289 e. The van der Waals surface area contributed by atoms with Gasteiger partial charge in [0.1, 0.15) is 5.82 Å². The lowest BCUT2D eigenvalue weighted by atomic mass is 9.97. The molecular formula is C16H15FO. The van der Waals surface area contributed by atoms with Crippen LogP contribution in [0, 0.1) is 26.6 Å². The highest BCUT2D eigenvalue weighted by Gasteiger charge is 2.13. The first kappa shape index (κ1) is 12.5. The van der Waals surface area contributed by atoms with E-state index in [2.05, 4.69) is 0 Å². The number of rotatable bonds is 2. The van der Waals surface area contributed by atoms with Gasteiger partial charge in [0.15, 0.2) is 5.78 Å². The number of ketones is 1. The zero-order valence-electron chi connectivity index (χ0n) is 10.8. The van der Waals surface area contributed by atoms with Crippen molar-refractivity contribution in [1.82, 2.24) is 0 Å². The van der Waals surface area contributed by atoms with Gasteiger partial charge in [-0.15, -0.1) is 0 Å². The monoisotopic (exact) mass is 242 g/mol. The molecule has 2 rings (SSSR count). The maximum atomic E-state index is 13.5. The molecule has 0 spiro atoms. The summed E-state index contributed by atoms with van der Waals surface area (Å²) in [6.45, 7) is 5.50. The Hall–Kier alpha value is -1.96. The smallest absolute Gasteiger partial charge is 0.193 e. The van der Waals surface area contributed by atoms with E-state index in [0.29, 0.717) is 16.7 Å². The van der Waals surface area contributed by atoms with E-state index in [4.69, 9.17) is 0 Å². The molecule has 0 aromatic heterocycles. The van der Waals surface area contributed by atoms with Crippen LogP contribution < -0.4 is 0 Å². The van der Waals surface area contributed by atoms with E-state index in [1.54, 1.807) is 19.1 Å². The Labute approximate surface area is 106 Å². The van der Waals surface area contributed by atoms with Gasteiger partial charge in [0.25, 0.3) is 0 Å². The fourth-order valence-corrected chi connectivity index (χ4v) is 1.87. The number of hydrogen-bond donors (Lipinski definition) is 0. The highest BCUT2D eigenvalue weighted by atomic mass is 19.1. The number of carbonyl (C=O) groups excluding carboxylic acids is 1. The van der Waals surface area contributed by atoms with Crippen LogP contribution in [-0.4, -0.2) is 5.78 Å². The van der Waals surface area contributed by atoms with Gasteiger partial charge in [-0.05, 0) is 44.0 Å². The van der Waals surface area contributed by atoms with Gasteiger partial charge in [-0.3, -0.25) is 4.79 Å². The normalized spacial score (nSPS) is 10.4. The van der Waals surface area contributed by atoms with Crippen molar-refractivity contribution in [1.29, 1.82) is 0 Å². The predicted octanol–water partition coefficient (Wildman–Crippen LogP) is 3.98. The Morgan fingerprint density at radius 2 is 1.61 bits per heavy atom. The minimum atomic E-state index is -0.342. The van der Waals surface area contributed by atoms with E-state index < -0.39 is 0 Å². The van der Waals surface area contributed by atoms with Gasteiger partial charge in [0.05, 0.1) is 0 Å². The summed E-state index contributed by atoms with van der Waals surface area (Å²) in [5, 5.41) is 0. The molecule has 0 N–H and O–H groups in total. The van der Waals surface area contributed by atoms with E-state index in [1.807, 2.05) is 32.0 Å². The quantitative estimate of drug-likeness (QED) is 0.728. The topological polar surface area (TPSA) is 17.1 Å². The summed E-state index contributed by atoms with van der Waals surface area (Å²) in [5.74, 6) is -0.471. The van der Waals surface area contributed by atoms with Gasteiger partial charge in [0, 0.05) is 11.1 Å². The maximum Gasteiger partial charge on any atom is 0.193 e. The van der Waals surface area contributed by atoms with E-state index in [0.717, 1.165) is 11.1 Å². The third-order valence-electron chi connectivity index (χ3n) is 3.07. The molecule has 0 aliphatic heterocycles. The van der Waals surface area contributed by atoms with Crippen molar-refractivity contribution in [3.8, 4) is 0 Å². The lowest BCUT2D eigenvalue weighted by Crippen LogP contribution is -2.05. The Morgan fingerprint density at radius 1 is 0.944 bits per heavy atom. The van der Waals surface area contributed by atoms with E-state index in [1.165, 1.54) is 6.07 Å². The van der Waals surface area contributed by atoms with E-state index in [-0.39, 0.29) is 11.6 Å². The molecule has 2 heteroatoms. The highest BCUT2D eigenvalue weighted by Crippen LogP contribution is 2.17. The summed E-state index contributed by atoms with van der Waals surface area (Å²) < 4.78 is 13.5. The Morgan fingerprint density at radius 3 is 2.28 bits per heavy atom.